The maximum absolute atomic E-state index is 11.8. The molecule has 0 unspecified atom stereocenters. The summed E-state index contributed by atoms with van der Waals surface area (Å²) in [6, 6.07) is 5.99. The highest BCUT2D eigenvalue weighted by Crippen LogP contribution is 2.22. The second-order valence-corrected chi connectivity index (χ2v) is 4.53. The van der Waals surface area contributed by atoms with E-state index in [4.69, 9.17) is 0 Å². The Kier molecular flexibility index (Phi) is 3.92. The first kappa shape index (κ1) is 12.6. The first-order valence-corrected chi connectivity index (χ1v) is 6.24. The molecule has 94 valence electrons. The molecule has 0 atom stereocenters. The summed E-state index contributed by atoms with van der Waals surface area (Å²) in [4.78, 5) is 22.5. The Morgan fingerprint density at radius 1 is 1.39 bits per heavy atom. The van der Waals surface area contributed by atoms with Gasteiger partial charge in [0, 0.05) is 25.5 Å². The molecule has 1 aromatic rings. The molecule has 0 heterocycles. The van der Waals surface area contributed by atoms with Crippen LogP contribution in [0.25, 0.3) is 6.08 Å². The number of Topliss-reactive ketones (excluding diaryl/α,β-unsaturated/α-hetero) is 1. The van der Waals surface area contributed by atoms with Crippen LogP contribution in [0.4, 0.5) is 0 Å². The fourth-order valence-electron chi connectivity index (χ4n) is 2.15. The van der Waals surface area contributed by atoms with Crippen molar-refractivity contribution in [3.63, 3.8) is 0 Å². The van der Waals surface area contributed by atoms with Crippen LogP contribution in [0, 0.1) is 0 Å². The van der Waals surface area contributed by atoms with Crippen LogP contribution in [-0.4, -0.2) is 18.2 Å². The summed E-state index contributed by atoms with van der Waals surface area (Å²) in [7, 11) is 0. The molecule has 0 aliphatic heterocycles. The van der Waals surface area contributed by atoms with Crippen molar-refractivity contribution in [1.82, 2.24) is 5.32 Å². The van der Waals surface area contributed by atoms with Crippen molar-refractivity contribution in [2.45, 2.75) is 26.2 Å². The minimum absolute atomic E-state index is 0.0414. The van der Waals surface area contributed by atoms with E-state index in [9.17, 15) is 9.59 Å². The number of fused-ring (bicyclic) bond motifs is 1. The van der Waals surface area contributed by atoms with Crippen LogP contribution in [0.15, 0.2) is 24.3 Å². The summed E-state index contributed by atoms with van der Waals surface area (Å²) in [5.41, 5.74) is 3.03. The molecule has 0 saturated heterocycles. The number of amides is 1. The Bertz CT molecular complexity index is 503. The summed E-state index contributed by atoms with van der Waals surface area (Å²) >= 11 is 0. The zero-order chi connectivity index (χ0) is 13.0. The highest BCUT2D eigenvalue weighted by molar-refractivity contribution is 5.98. The molecule has 1 aliphatic rings. The normalized spacial score (nSPS) is 14.6. The molecule has 0 fully saturated rings. The van der Waals surface area contributed by atoms with Gasteiger partial charge in [-0.05, 0) is 30.0 Å². The number of rotatable bonds is 3. The molecule has 0 aromatic heterocycles. The van der Waals surface area contributed by atoms with Crippen LogP contribution < -0.4 is 5.32 Å². The van der Waals surface area contributed by atoms with Crippen molar-refractivity contribution in [2.75, 3.05) is 6.54 Å². The Hall–Kier alpha value is -1.90. The Labute approximate surface area is 107 Å². The average molecular weight is 243 g/mol. The van der Waals surface area contributed by atoms with Crippen LogP contribution in [0.3, 0.4) is 0 Å². The maximum Gasteiger partial charge on any atom is 0.217 e. The highest BCUT2D eigenvalue weighted by atomic mass is 16.1. The Balaban J connectivity index is 2.08. The van der Waals surface area contributed by atoms with Crippen LogP contribution >= 0.6 is 0 Å². The SMILES string of the molecule is CC(=O)NCC=Cc1ccc2c(c1)C(=O)CCC2. The number of hydrogen-bond donors (Lipinski definition) is 1. The first-order valence-electron chi connectivity index (χ1n) is 6.24. The highest BCUT2D eigenvalue weighted by Gasteiger charge is 2.16. The van der Waals surface area contributed by atoms with Crippen LogP contribution in [0.1, 0.15) is 41.3 Å². The van der Waals surface area contributed by atoms with Crippen molar-refractivity contribution < 1.29 is 9.59 Å². The zero-order valence-corrected chi connectivity index (χ0v) is 10.5. The topological polar surface area (TPSA) is 46.2 Å². The fourth-order valence-corrected chi connectivity index (χ4v) is 2.15. The molecular formula is C15H17NO2. The van der Waals surface area contributed by atoms with Gasteiger partial charge in [-0.15, -0.1) is 0 Å². The molecular weight excluding hydrogens is 226 g/mol. The van der Waals surface area contributed by atoms with E-state index in [1.807, 2.05) is 30.4 Å². The lowest BCUT2D eigenvalue weighted by Gasteiger charge is -2.14. The van der Waals surface area contributed by atoms with Gasteiger partial charge in [-0.25, -0.2) is 0 Å². The molecule has 3 nitrogen and oxygen atoms in total. The smallest absolute Gasteiger partial charge is 0.217 e. The molecule has 1 aromatic carbocycles. The third-order valence-corrected chi connectivity index (χ3v) is 3.06. The minimum Gasteiger partial charge on any atom is -0.353 e. The standard InChI is InChI=1S/C15H17NO2/c1-11(17)16-9-3-4-12-7-8-13-5-2-6-15(18)14(13)10-12/h3-4,7-8,10H,2,5-6,9H2,1H3,(H,16,17). The van der Waals surface area contributed by atoms with E-state index in [-0.39, 0.29) is 11.7 Å². The van der Waals surface area contributed by atoms with Gasteiger partial charge in [0.15, 0.2) is 5.78 Å². The lowest BCUT2D eigenvalue weighted by atomic mass is 9.89. The van der Waals surface area contributed by atoms with Gasteiger partial charge in [0.25, 0.3) is 0 Å². The van der Waals surface area contributed by atoms with Crippen LogP contribution in [0.2, 0.25) is 0 Å². The first-order chi connectivity index (χ1) is 8.66. The van der Waals surface area contributed by atoms with Gasteiger partial charge < -0.3 is 5.32 Å². The number of benzene rings is 1. The van der Waals surface area contributed by atoms with Crippen molar-refractivity contribution >= 4 is 17.8 Å². The zero-order valence-electron chi connectivity index (χ0n) is 10.5. The van der Waals surface area contributed by atoms with Crippen LogP contribution in [-0.2, 0) is 11.2 Å². The number of carbonyl (C=O) groups excluding carboxylic acids is 2. The maximum atomic E-state index is 11.8. The van der Waals surface area contributed by atoms with Crippen molar-refractivity contribution in [1.29, 1.82) is 0 Å². The van der Waals surface area contributed by atoms with Crippen LogP contribution in [0.5, 0.6) is 0 Å². The summed E-state index contributed by atoms with van der Waals surface area (Å²) in [5.74, 6) is 0.202. The van der Waals surface area contributed by atoms with E-state index >= 15 is 0 Å². The number of ketones is 1. The van der Waals surface area contributed by atoms with Gasteiger partial charge in [-0.1, -0.05) is 24.3 Å². The predicted molar refractivity (Wildman–Crippen MR) is 71.4 cm³/mol. The van der Waals surface area contributed by atoms with E-state index in [2.05, 4.69) is 5.32 Å². The molecule has 0 spiro atoms. The summed E-state index contributed by atoms with van der Waals surface area (Å²) < 4.78 is 0. The summed E-state index contributed by atoms with van der Waals surface area (Å²) in [6.45, 7) is 2.01. The molecule has 18 heavy (non-hydrogen) atoms. The van der Waals surface area contributed by atoms with Gasteiger partial charge in [-0.3, -0.25) is 9.59 Å². The lowest BCUT2D eigenvalue weighted by Crippen LogP contribution is -2.19. The quantitative estimate of drug-likeness (QED) is 0.885. The van der Waals surface area contributed by atoms with E-state index in [0.717, 1.165) is 29.5 Å². The van der Waals surface area contributed by atoms with Gasteiger partial charge in [0.05, 0.1) is 0 Å². The Morgan fingerprint density at radius 2 is 2.22 bits per heavy atom. The summed E-state index contributed by atoms with van der Waals surface area (Å²) in [5, 5.41) is 2.69. The molecule has 2 rings (SSSR count). The van der Waals surface area contributed by atoms with E-state index in [0.29, 0.717) is 13.0 Å². The van der Waals surface area contributed by atoms with Crippen molar-refractivity contribution in [3.8, 4) is 0 Å². The fraction of sp³-hybridized carbons (Fsp3) is 0.333. The van der Waals surface area contributed by atoms with Gasteiger partial charge >= 0.3 is 0 Å². The predicted octanol–water partition coefficient (Wildman–Crippen LogP) is 2.35. The molecule has 0 bridgehead atoms. The number of carbonyl (C=O) groups is 2. The largest absolute Gasteiger partial charge is 0.353 e. The number of nitrogens with one attached hydrogen (secondary N) is 1. The Morgan fingerprint density at radius 3 is 3.00 bits per heavy atom. The van der Waals surface area contributed by atoms with Crippen molar-refractivity contribution in [2.24, 2.45) is 0 Å². The second kappa shape index (κ2) is 5.63. The van der Waals surface area contributed by atoms with Gasteiger partial charge in [0.2, 0.25) is 5.91 Å². The molecule has 1 N–H and O–H groups in total. The monoisotopic (exact) mass is 243 g/mol. The van der Waals surface area contributed by atoms with E-state index in [1.165, 1.54) is 6.92 Å². The number of hydrogen-bond acceptors (Lipinski definition) is 2. The summed E-state index contributed by atoms with van der Waals surface area (Å²) in [6.07, 6.45) is 6.43. The molecule has 0 radical (unpaired) electrons. The minimum atomic E-state index is -0.0414. The molecule has 3 heteroatoms. The van der Waals surface area contributed by atoms with Crippen molar-refractivity contribution in [3.05, 3.63) is 41.0 Å². The van der Waals surface area contributed by atoms with E-state index < -0.39 is 0 Å². The van der Waals surface area contributed by atoms with E-state index in [1.54, 1.807) is 0 Å². The second-order valence-electron chi connectivity index (χ2n) is 4.53. The number of aryl methyl sites for hydroxylation is 1. The lowest BCUT2D eigenvalue weighted by molar-refractivity contribution is -0.118. The molecule has 1 aliphatic carbocycles. The molecule has 1 amide bonds. The average Bonchev–Trinajstić information content (AvgIpc) is 2.35. The van der Waals surface area contributed by atoms with Gasteiger partial charge in [0.1, 0.15) is 0 Å². The van der Waals surface area contributed by atoms with Gasteiger partial charge in [-0.2, -0.15) is 0 Å². The third-order valence-electron chi connectivity index (χ3n) is 3.06. The third kappa shape index (κ3) is 3.06. The molecule has 0 saturated carbocycles.